The summed E-state index contributed by atoms with van der Waals surface area (Å²) in [4.78, 5) is 0. The first-order valence-electron chi connectivity index (χ1n) is 6.61. The molecule has 1 N–H and O–H groups in total. The summed E-state index contributed by atoms with van der Waals surface area (Å²) in [5.41, 5.74) is 2.63. The summed E-state index contributed by atoms with van der Waals surface area (Å²) in [5.74, 6) is 1.52. The van der Waals surface area contributed by atoms with Crippen molar-refractivity contribution in [2.75, 3.05) is 0 Å². The number of aliphatic hydroxyl groups excluding tert-OH is 1. The van der Waals surface area contributed by atoms with E-state index in [4.69, 9.17) is 0 Å². The molecule has 2 saturated carbocycles. The summed E-state index contributed by atoms with van der Waals surface area (Å²) in [6.45, 7) is 0. The van der Waals surface area contributed by atoms with E-state index < -0.39 is 0 Å². The molecule has 0 aromatic heterocycles. The summed E-state index contributed by atoms with van der Waals surface area (Å²) in [6.07, 6.45) is 7.39. The quantitative estimate of drug-likeness (QED) is 0.812. The van der Waals surface area contributed by atoms with Gasteiger partial charge in [-0.1, -0.05) is 43.5 Å². The Morgan fingerprint density at radius 2 is 1.88 bits per heavy atom. The van der Waals surface area contributed by atoms with E-state index in [1.807, 2.05) is 0 Å². The monoisotopic (exact) mass is 216 g/mol. The lowest BCUT2D eigenvalue weighted by molar-refractivity contribution is 0.158. The van der Waals surface area contributed by atoms with Gasteiger partial charge in [-0.2, -0.15) is 0 Å². The lowest BCUT2D eigenvalue weighted by Gasteiger charge is -2.29. The van der Waals surface area contributed by atoms with Crippen LogP contribution in [0, 0.1) is 5.92 Å². The third-order valence-electron chi connectivity index (χ3n) is 4.15. The summed E-state index contributed by atoms with van der Waals surface area (Å²) in [6, 6.07) is 8.52. The van der Waals surface area contributed by atoms with Crippen LogP contribution in [0.25, 0.3) is 0 Å². The predicted octanol–water partition coefficient (Wildman–Crippen LogP) is 3.79. The van der Waals surface area contributed by atoms with Gasteiger partial charge in [-0.05, 0) is 42.2 Å². The molecule has 3 rings (SSSR count). The molecule has 0 heterocycles. The average Bonchev–Trinajstić information content (AvgIpc) is 3.00. The molecule has 0 spiro atoms. The molecule has 0 amide bonds. The zero-order chi connectivity index (χ0) is 11.0. The van der Waals surface area contributed by atoms with Gasteiger partial charge in [0.1, 0.15) is 0 Å². The van der Waals surface area contributed by atoms with E-state index in [2.05, 4.69) is 24.3 Å². The van der Waals surface area contributed by atoms with Gasteiger partial charge in [-0.3, -0.25) is 0 Å². The van der Waals surface area contributed by atoms with E-state index in [1.165, 1.54) is 43.2 Å². The van der Waals surface area contributed by atoms with Crippen LogP contribution in [0.5, 0.6) is 0 Å². The standard InChI is InChI=1S/C15H20O/c16-15(10-11-8-9-11)14-7-2-1-6-13(14)12-4-3-5-12/h1-2,6-7,11-12,15-16H,3-5,8-10H2. The van der Waals surface area contributed by atoms with Crippen molar-refractivity contribution < 1.29 is 5.11 Å². The fourth-order valence-electron chi connectivity index (χ4n) is 2.70. The molecule has 2 aliphatic rings. The minimum Gasteiger partial charge on any atom is -0.388 e. The molecule has 0 radical (unpaired) electrons. The Morgan fingerprint density at radius 3 is 2.50 bits per heavy atom. The Kier molecular flexibility index (Phi) is 2.72. The van der Waals surface area contributed by atoms with Gasteiger partial charge in [0.05, 0.1) is 6.10 Å². The summed E-state index contributed by atoms with van der Waals surface area (Å²) in [5, 5.41) is 10.3. The lowest BCUT2D eigenvalue weighted by atomic mass is 9.77. The molecule has 1 atom stereocenters. The number of aliphatic hydroxyl groups is 1. The molecule has 2 fully saturated rings. The molecule has 16 heavy (non-hydrogen) atoms. The summed E-state index contributed by atoms with van der Waals surface area (Å²) >= 11 is 0. The summed E-state index contributed by atoms with van der Waals surface area (Å²) < 4.78 is 0. The van der Waals surface area contributed by atoms with Crippen molar-refractivity contribution in [1.82, 2.24) is 0 Å². The van der Waals surface area contributed by atoms with E-state index >= 15 is 0 Å². The number of hydrogen-bond donors (Lipinski definition) is 1. The van der Waals surface area contributed by atoms with Gasteiger partial charge in [0, 0.05) is 0 Å². The molecule has 2 aliphatic carbocycles. The minimum absolute atomic E-state index is 0.218. The topological polar surface area (TPSA) is 20.2 Å². The Morgan fingerprint density at radius 1 is 1.12 bits per heavy atom. The van der Waals surface area contributed by atoms with Crippen LogP contribution in [-0.4, -0.2) is 5.11 Å². The van der Waals surface area contributed by atoms with Gasteiger partial charge in [0.2, 0.25) is 0 Å². The van der Waals surface area contributed by atoms with Gasteiger partial charge >= 0.3 is 0 Å². The highest BCUT2D eigenvalue weighted by atomic mass is 16.3. The van der Waals surface area contributed by atoms with Gasteiger partial charge < -0.3 is 5.11 Å². The maximum Gasteiger partial charge on any atom is 0.0795 e. The first-order valence-corrected chi connectivity index (χ1v) is 6.61. The van der Waals surface area contributed by atoms with Crippen molar-refractivity contribution in [3.8, 4) is 0 Å². The van der Waals surface area contributed by atoms with E-state index in [0.717, 1.165) is 18.3 Å². The van der Waals surface area contributed by atoms with E-state index in [1.54, 1.807) is 0 Å². The van der Waals surface area contributed by atoms with Crippen LogP contribution in [0.3, 0.4) is 0 Å². The molecule has 1 heteroatoms. The second kappa shape index (κ2) is 4.21. The van der Waals surface area contributed by atoms with Crippen LogP contribution in [0.4, 0.5) is 0 Å². The molecule has 1 unspecified atom stereocenters. The number of hydrogen-bond acceptors (Lipinski definition) is 1. The predicted molar refractivity (Wildman–Crippen MR) is 65.3 cm³/mol. The van der Waals surface area contributed by atoms with Gasteiger partial charge in [-0.15, -0.1) is 0 Å². The molecule has 1 aromatic rings. The van der Waals surface area contributed by atoms with Crippen LogP contribution in [-0.2, 0) is 0 Å². The zero-order valence-electron chi connectivity index (χ0n) is 9.73. The lowest BCUT2D eigenvalue weighted by Crippen LogP contribution is -2.13. The Balaban J connectivity index is 1.80. The number of rotatable bonds is 4. The second-order valence-corrected chi connectivity index (χ2v) is 5.45. The third-order valence-corrected chi connectivity index (χ3v) is 4.15. The SMILES string of the molecule is OC(CC1CC1)c1ccccc1C1CCC1. The average molecular weight is 216 g/mol. The fraction of sp³-hybridized carbons (Fsp3) is 0.600. The molecular weight excluding hydrogens is 196 g/mol. The number of benzene rings is 1. The van der Waals surface area contributed by atoms with E-state index in [-0.39, 0.29) is 6.10 Å². The molecule has 86 valence electrons. The highest BCUT2D eigenvalue weighted by Crippen LogP contribution is 2.42. The van der Waals surface area contributed by atoms with Crippen molar-refractivity contribution in [3.05, 3.63) is 35.4 Å². The Bertz CT molecular complexity index is 363. The molecule has 1 aromatic carbocycles. The van der Waals surface area contributed by atoms with Gasteiger partial charge in [-0.25, -0.2) is 0 Å². The smallest absolute Gasteiger partial charge is 0.0795 e. The Labute approximate surface area is 97.5 Å². The maximum atomic E-state index is 10.3. The molecule has 0 aliphatic heterocycles. The van der Waals surface area contributed by atoms with Crippen molar-refractivity contribution in [2.24, 2.45) is 5.92 Å². The summed E-state index contributed by atoms with van der Waals surface area (Å²) in [7, 11) is 0. The third kappa shape index (κ3) is 2.01. The van der Waals surface area contributed by atoms with Crippen LogP contribution in [0.15, 0.2) is 24.3 Å². The first-order chi connectivity index (χ1) is 7.84. The van der Waals surface area contributed by atoms with Crippen LogP contribution >= 0.6 is 0 Å². The van der Waals surface area contributed by atoms with Gasteiger partial charge in [0.25, 0.3) is 0 Å². The normalized spacial score (nSPS) is 22.8. The first kappa shape index (κ1) is 10.3. The van der Waals surface area contributed by atoms with Crippen molar-refractivity contribution in [3.63, 3.8) is 0 Å². The van der Waals surface area contributed by atoms with Crippen LogP contribution in [0.2, 0.25) is 0 Å². The van der Waals surface area contributed by atoms with Crippen molar-refractivity contribution in [1.29, 1.82) is 0 Å². The van der Waals surface area contributed by atoms with E-state index in [9.17, 15) is 5.11 Å². The van der Waals surface area contributed by atoms with Gasteiger partial charge in [0.15, 0.2) is 0 Å². The molecular formula is C15H20O. The minimum atomic E-state index is -0.218. The molecule has 1 nitrogen and oxygen atoms in total. The second-order valence-electron chi connectivity index (χ2n) is 5.45. The van der Waals surface area contributed by atoms with Crippen molar-refractivity contribution in [2.45, 2.75) is 50.5 Å². The molecule has 0 saturated heterocycles. The maximum absolute atomic E-state index is 10.3. The largest absolute Gasteiger partial charge is 0.388 e. The highest BCUT2D eigenvalue weighted by Gasteiger charge is 2.28. The highest BCUT2D eigenvalue weighted by molar-refractivity contribution is 5.33. The Hall–Kier alpha value is -0.820. The zero-order valence-corrected chi connectivity index (χ0v) is 9.73. The van der Waals surface area contributed by atoms with E-state index in [0.29, 0.717) is 0 Å². The van der Waals surface area contributed by atoms with Crippen molar-refractivity contribution >= 4 is 0 Å². The van der Waals surface area contributed by atoms with Crippen LogP contribution in [0.1, 0.15) is 61.7 Å². The molecule has 0 bridgehead atoms. The fourth-order valence-corrected chi connectivity index (χ4v) is 2.70. The van der Waals surface area contributed by atoms with Crippen LogP contribution < -0.4 is 0 Å².